The van der Waals surface area contributed by atoms with Gasteiger partial charge >= 0.3 is 5.97 Å². The number of hydrogen-bond donors (Lipinski definition) is 1. The molecule has 0 saturated carbocycles. The summed E-state index contributed by atoms with van der Waals surface area (Å²) in [6, 6.07) is 13.8. The first-order chi connectivity index (χ1) is 8.79. The predicted octanol–water partition coefficient (Wildman–Crippen LogP) is 3.12. The van der Waals surface area contributed by atoms with Crippen molar-refractivity contribution in [3.8, 4) is 0 Å². The molecule has 2 aromatic rings. The van der Waals surface area contributed by atoms with Gasteiger partial charge in [-0.05, 0) is 23.3 Å². The van der Waals surface area contributed by atoms with Crippen LogP contribution in [0.15, 0.2) is 42.5 Å². The summed E-state index contributed by atoms with van der Waals surface area (Å²) in [5, 5.41) is 3.32. The molecule has 0 saturated heterocycles. The topological polar surface area (TPSA) is 38.3 Å². The van der Waals surface area contributed by atoms with Gasteiger partial charge in [0.1, 0.15) is 0 Å². The van der Waals surface area contributed by atoms with Gasteiger partial charge in [-0.2, -0.15) is 0 Å². The number of para-hydroxylation sites is 2. The summed E-state index contributed by atoms with van der Waals surface area (Å²) in [7, 11) is 1.40. The first kappa shape index (κ1) is 10.8. The molecule has 3 rings (SSSR count). The van der Waals surface area contributed by atoms with Crippen molar-refractivity contribution in [3.05, 3.63) is 59.2 Å². The number of fused-ring (bicyclic) bond motifs is 2. The molecule has 0 bridgehead atoms. The van der Waals surface area contributed by atoms with Gasteiger partial charge in [-0.3, -0.25) is 0 Å². The number of benzene rings is 2. The Balaban J connectivity index is 2.10. The Morgan fingerprint density at radius 2 is 1.89 bits per heavy atom. The Morgan fingerprint density at radius 1 is 1.11 bits per heavy atom. The van der Waals surface area contributed by atoms with Crippen molar-refractivity contribution in [2.45, 2.75) is 6.42 Å². The molecule has 1 aliphatic heterocycles. The molecule has 1 heterocycles. The fraction of sp³-hybridized carbons (Fsp3) is 0.133. The van der Waals surface area contributed by atoms with Gasteiger partial charge in [0.15, 0.2) is 0 Å². The molecule has 0 fully saturated rings. The quantitative estimate of drug-likeness (QED) is 0.663. The lowest BCUT2D eigenvalue weighted by Crippen LogP contribution is -2.12. The minimum Gasteiger partial charge on any atom is -0.465 e. The maximum atomic E-state index is 11.7. The van der Waals surface area contributed by atoms with Crippen LogP contribution in [0.5, 0.6) is 0 Å². The number of nitrogens with one attached hydrogen (secondary N) is 1. The highest BCUT2D eigenvalue weighted by Crippen LogP contribution is 2.34. The minimum absolute atomic E-state index is 0.307. The molecule has 90 valence electrons. The van der Waals surface area contributed by atoms with Gasteiger partial charge < -0.3 is 10.1 Å². The zero-order valence-corrected chi connectivity index (χ0v) is 10.1. The van der Waals surface area contributed by atoms with Crippen LogP contribution >= 0.6 is 0 Å². The number of ether oxygens (including phenoxy) is 1. The van der Waals surface area contributed by atoms with Crippen LogP contribution in [-0.2, 0) is 11.2 Å². The van der Waals surface area contributed by atoms with Crippen LogP contribution in [0.3, 0.4) is 0 Å². The lowest BCUT2D eigenvalue weighted by molar-refractivity contribution is 0.0602. The van der Waals surface area contributed by atoms with E-state index in [0.29, 0.717) is 5.56 Å². The smallest absolute Gasteiger partial charge is 0.339 e. The second kappa shape index (κ2) is 4.18. The second-order valence-electron chi connectivity index (χ2n) is 4.29. The number of carbonyl (C=O) groups is 1. The van der Waals surface area contributed by atoms with E-state index in [0.717, 1.165) is 23.4 Å². The van der Waals surface area contributed by atoms with Crippen LogP contribution in [0.1, 0.15) is 21.5 Å². The van der Waals surface area contributed by atoms with Crippen molar-refractivity contribution in [1.29, 1.82) is 0 Å². The summed E-state index contributed by atoms with van der Waals surface area (Å²) >= 11 is 0. The van der Waals surface area contributed by atoms with Crippen molar-refractivity contribution >= 4 is 17.3 Å². The van der Waals surface area contributed by atoms with Gasteiger partial charge in [0.05, 0.1) is 18.4 Å². The first-order valence-corrected chi connectivity index (χ1v) is 5.84. The maximum Gasteiger partial charge on any atom is 0.339 e. The molecule has 0 aromatic heterocycles. The third-order valence-corrected chi connectivity index (χ3v) is 3.21. The maximum absolute atomic E-state index is 11.7. The molecule has 0 unspecified atom stereocenters. The van der Waals surface area contributed by atoms with Gasteiger partial charge in [-0.1, -0.05) is 30.3 Å². The van der Waals surface area contributed by atoms with Crippen LogP contribution in [0.25, 0.3) is 0 Å². The Kier molecular flexibility index (Phi) is 2.52. The molecule has 3 nitrogen and oxygen atoms in total. The molecule has 0 amide bonds. The van der Waals surface area contributed by atoms with Crippen LogP contribution in [0.2, 0.25) is 0 Å². The Hall–Kier alpha value is -2.29. The summed E-state index contributed by atoms with van der Waals surface area (Å²) in [4.78, 5) is 11.7. The molecular formula is C15H13NO2. The Bertz CT molecular complexity index is 620. The molecule has 0 aliphatic carbocycles. The van der Waals surface area contributed by atoms with E-state index < -0.39 is 0 Å². The molecule has 1 aliphatic rings. The van der Waals surface area contributed by atoms with Crippen LogP contribution in [-0.4, -0.2) is 13.1 Å². The fourth-order valence-corrected chi connectivity index (χ4v) is 2.31. The fourth-order valence-electron chi connectivity index (χ4n) is 2.31. The summed E-state index contributed by atoms with van der Waals surface area (Å²) in [6.07, 6.45) is 0.837. The van der Waals surface area contributed by atoms with E-state index in [9.17, 15) is 4.79 Å². The van der Waals surface area contributed by atoms with Crippen molar-refractivity contribution < 1.29 is 9.53 Å². The van der Waals surface area contributed by atoms with Gasteiger partial charge in [0, 0.05) is 12.1 Å². The average Bonchev–Trinajstić information content (AvgIpc) is 2.43. The summed E-state index contributed by atoms with van der Waals surface area (Å²) in [5.74, 6) is -0.307. The largest absolute Gasteiger partial charge is 0.465 e. The third kappa shape index (κ3) is 1.64. The van der Waals surface area contributed by atoms with Crippen molar-refractivity contribution in [1.82, 2.24) is 0 Å². The predicted molar refractivity (Wildman–Crippen MR) is 70.3 cm³/mol. The minimum atomic E-state index is -0.307. The van der Waals surface area contributed by atoms with Gasteiger partial charge in [0.2, 0.25) is 0 Å². The molecular weight excluding hydrogens is 226 g/mol. The lowest BCUT2D eigenvalue weighted by atomic mass is 9.95. The monoisotopic (exact) mass is 239 g/mol. The highest BCUT2D eigenvalue weighted by Gasteiger charge is 2.20. The standard InChI is InChI=1S/C15H13NO2/c1-18-15(17)12-7-4-6-11-9-10-5-2-3-8-13(10)16-14(11)12/h2-8,16H,9H2,1H3. The molecule has 0 radical (unpaired) electrons. The molecule has 1 N–H and O–H groups in total. The number of carbonyl (C=O) groups excluding carboxylic acids is 1. The molecule has 3 heteroatoms. The lowest BCUT2D eigenvalue weighted by Gasteiger charge is -2.23. The number of rotatable bonds is 1. The van der Waals surface area contributed by atoms with E-state index in [1.54, 1.807) is 6.07 Å². The van der Waals surface area contributed by atoms with Crippen molar-refractivity contribution in [2.24, 2.45) is 0 Å². The SMILES string of the molecule is COC(=O)c1cccc2c1Nc1ccccc1C2. The normalized spacial score (nSPS) is 12.1. The van der Waals surface area contributed by atoms with Crippen LogP contribution in [0.4, 0.5) is 11.4 Å². The van der Waals surface area contributed by atoms with Crippen LogP contribution in [0, 0.1) is 0 Å². The Morgan fingerprint density at radius 3 is 2.72 bits per heavy atom. The van der Waals surface area contributed by atoms with E-state index >= 15 is 0 Å². The van der Waals surface area contributed by atoms with Crippen molar-refractivity contribution in [2.75, 3.05) is 12.4 Å². The second-order valence-corrected chi connectivity index (χ2v) is 4.29. The summed E-state index contributed by atoms with van der Waals surface area (Å²) in [6.45, 7) is 0. The first-order valence-electron chi connectivity index (χ1n) is 5.84. The summed E-state index contributed by atoms with van der Waals surface area (Å²) < 4.78 is 4.81. The van der Waals surface area contributed by atoms with Gasteiger partial charge in [0.25, 0.3) is 0 Å². The van der Waals surface area contributed by atoms with E-state index in [1.165, 1.54) is 12.7 Å². The van der Waals surface area contributed by atoms with E-state index in [4.69, 9.17) is 4.74 Å². The van der Waals surface area contributed by atoms with Gasteiger partial charge in [-0.15, -0.1) is 0 Å². The summed E-state index contributed by atoms with van der Waals surface area (Å²) in [5.41, 5.74) is 4.87. The van der Waals surface area contributed by atoms with Crippen LogP contribution < -0.4 is 5.32 Å². The zero-order chi connectivity index (χ0) is 12.5. The Labute approximate surface area is 105 Å². The highest BCUT2D eigenvalue weighted by molar-refractivity contribution is 5.98. The molecule has 0 atom stereocenters. The highest BCUT2D eigenvalue weighted by atomic mass is 16.5. The third-order valence-electron chi connectivity index (χ3n) is 3.21. The van der Waals surface area contributed by atoms with E-state index in [-0.39, 0.29) is 5.97 Å². The number of esters is 1. The zero-order valence-electron chi connectivity index (χ0n) is 10.1. The van der Waals surface area contributed by atoms with Crippen molar-refractivity contribution in [3.63, 3.8) is 0 Å². The number of hydrogen-bond acceptors (Lipinski definition) is 3. The van der Waals surface area contributed by atoms with E-state index in [2.05, 4.69) is 11.4 Å². The van der Waals surface area contributed by atoms with E-state index in [1.807, 2.05) is 30.3 Å². The molecule has 2 aromatic carbocycles. The average molecular weight is 239 g/mol. The molecule has 18 heavy (non-hydrogen) atoms. The van der Waals surface area contributed by atoms with Gasteiger partial charge in [-0.25, -0.2) is 4.79 Å². The molecule has 0 spiro atoms. The number of anilines is 2. The number of methoxy groups -OCH3 is 1.